The predicted octanol–water partition coefficient (Wildman–Crippen LogP) is 4.30. The van der Waals surface area contributed by atoms with Gasteiger partial charge in [0.15, 0.2) is 0 Å². The number of unbranched alkanes of at least 4 members (excludes halogenated alkanes) is 3. The van der Waals surface area contributed by atoms with Crippen molar-refractivity contribution in [3.63, 3.8) is 0 Å². The van der Waals surface area contributed by atoms with E-state index in [1.807, 2.05) is 0 Å². The molecule has 0 saturated carbocycles. The van der Waals surface area contributed by atoms with Crippen LogP contribution in [0.25, 0.3) is 0 Å². The van der Waals surface area contributed by atoms with Gasteiger partial charge in [0.2, 0.25) is 0 Å². The van der Waals surface area contributed by atoms with Crippen LogP contribution in [0.3, 0.4) is 0 Å². The summed E-state index contributed by atoms with van der Waals surface area (Å²) in [5, 5.41) is 0. The molecule has 0 N–H and O–H groups in total. The van der Waals surface area contributed by atoms with Crippen molar-refractivity contribution in [2.24, 2.45) is 5.92 Å². The molecular formula is C11H24S. The van der Waals surface area contributed by atoms with E-state index in [2.05, 4.69) is 26.5 Å². The van der Waals surface area contributed by atoms with Crippen molar-refractivity contribution in [3.05, 3.63) is 0 Å². The van der Waals surface area contributed by atoms with Crippen LogP contribution in [0, 0.1) is 5.92 Å². The summed E-state index contributed by atoms with van der Waals surface area (Å²) in [6.07, 6.45) is 9.70. The highest BCUT2D eigenvalue weighted by Gasteiger charge is 2.03. The highest BCUT2D eigenvalue weighted by molar-refractivity contribution is 7.80. The van der Waals surface area contributed by atoms with E-state index in [4.69, 9.17) is 0 Å². The normalized spacial score (nSPS) is 13.2. The Morgan fingerprint density at radius 2 is 1.75 bits per heavy atom. The van der Waals surface area contributed by atoms with Crippen molar-refractivity contribution in [3.8, 4) is 0 Å². The van der Waals surface area contributed by atoms with Gasteiger partial charge in [-0.3, -0.25) is 0 Å². The SMILES string of the molecule is CCCCCCC(CC)CCS. The zero-order valence-corrected chi connectivity index (χ0v) is 9.58. The Labute approximate surface area is 83.5 Å². The maximum Gasteiger partial charge on any atom is -0.00953 e. The molecule has 0 aromatic carbocycles. The van der Waals surface area contributed by atoms with E-state index in [1.165, 1.54) is 44.9 Å². The lowest BCUT2D eigenvalue weighted by Gasteiger charge is -2.12. The number of rotatable bonds is 8. The van der Waals surface area contributed by atoms with Gasteiger partial charge in [-0.15, -0.1) is 0 Å². The fraction of sp³-hybridized carbons (Fsp3) is 1.00. The molecule has 1 unspecified atom stereocenters. The van der Waals surface area contributed by atoms with Crippen LogP contribution in [0.15, 0.2) is 0 Å². The molecule has 0 bridgehead atoms. The molecular weight excluding hydrogens is 164 g/mol. The standard InChI is InChI=1S/C11H24S/c1-3-5-6-7-8-11(4-2)9-10-12/h11-12H,3-10H2,1-2H3. The van der Waals surface area contributed by atoms with Crippen LogP contribution in [-0.4, -0.2) is 5.75 Å². The topological polar surface area (TPSA) is 0 Å². The summed E-state index contributed by atoms with van der Waals surface area (Å²) >= 11 is 4.28. The minimum absolute atomic E-state index is 0.944. The maximum absolute atomic E-state index is 4.28. The molecule has 0 spiro atoms. The van der Waals surface area contributed by atoms with Crippen molar-refractivity contribution in [1.82, 2.24) is 0 Å². The van der Waals surface area contributed by atoms with Crippen LogP contribution in [-0.2, 0) is 0 Å². The Bertz CT molecular complexity index is 81.1. The van der Waals surface area contributed by atoms with E-state index in [-0.39, 0.29) is 0 Å². The lowest BCUT2D eigenvalue weighted by molar-refractivity contribution is 0.432. The lowest BCUT2D eigenvalue weighted by Crippen LogP contribution is -1.99. The summed E-state index contributed by atoms with van der Waals surface area (Å²) in [6.45, 7) is 4.57. The van der Waals surface area contributed by atoms with Gasteiger partial charge < -0.3 is 0 Å². The first-order valence-corrected chi connectivity index (χ1v) is 6.09. The molecule has 0 heterocycles. The number of hydrogen-bond acceptors (Lipinski definition) is 1. The van der Waals surface area contributed by atoms with Crippen LogP contribution < -0.4 is 0 Å². The number of thiol groups is 1. The molecule has 0 saturated heterocycles. The third-order valence-corrected chi connectivity index (χ3v) is 2.84. The van der Waals surface area contributed by atoms with Gasteiger partial charge in [0.1, 0.15) is 0 Å². The van der Waals surface area contributed by atoms with Gasteiger partial charge >= 0.3 is 0 Å². The molecule has 0 nitrogen and oxygen atoms in total. The first-order valence-electron chi connectivity index (χ1n) is 5.46. The van der Waals surface area contributed by atoms with Gasteiger partial charge in [-0.1, -0.05) is 52.4 Å². The predicted molar refractivity (Wildman–Crippen MR) is 61.0 cm³/mol. The third-order valence-electron chi connectivity index (χ3n) is 2.58. The lowest BCUT2D eigenvalue weighted by atomic mass is 9.96. The molecule has 0 aliphatic carbocycles. The van der Waals surface area contributed by atoms with Gasteiger partial charge in [0.05, 0.1) is 0 Å². The first-order chi connectivity index (χ1) is 5.85. The Kier molecular flexibility index (Phi) is 9.71. The van der Waals surface area contributed by atoms with Gasteiger partial charge in [-0.25, -0.2) is 0 Å². The van der Waals surface area contributed by atoms with Crippen molar-refractivity contribution < 1.29 is 0 Å². The molecule has 0 rings (SSSR count). The van der Waals surface area contributed by atoms with E-state index >= 15 is 0 Å². The molecule has 0 amide bonds. The van der Waals surface area contributed by atoms with Gasteiger partial charge in [0.25, 0.3) is 0 Å². The fourth-order valence-electron chi connectivity index (χ4n) is 1.59. The molecule has 0 aliphatic rings. The van der Waals surface area contributed by atoms with Crippen LogP contribution in [0.5, 0.6) is 0 Å². The quantitative estimate of drug-likeness (QED) is 0.426. The molecule has 0 aliphatic heterocycles. The Morgan fingerprint density at radius 3 is 2.25 bits per heavy atom. The van der Waals surface area contributed by atoms with Crippen LogP contribution in [0.2, 0.25) is 0 Å². The summed E-state index contributed by atoms with van der Waals surface area (Å²) < 4.78 is 0. The Hall–Kier alpha value is 0.350. The summed E-state index contributed by atoms with van der Waals surface area (Å²) in [6, 6.07) is 0. The zero-order chi connectivity index (χ0) is 9.23. The van der Waals surface area contributed by atoms with Gasteiger partial charge in [-0.2, -0.15) is 12.6 Å². The van der Waals surface area contributed by atoms with Crippen LogP contribution in [0.4, 0.5) is 0 Å². The fourth-order valence-corrected chi connectivity index (χ4v) is 1.96. The van der Waals surface area contributed by atoms with Crippen molar-refractivity contribution in [2.45, 2.75) is 58.8 Å². The summed E-state index contributed by atoms with van der Waals surface area (Å²) in [4.78, 5) is 0. The average molecular weight is 188 g/mol. The minimum atomic E-state index is 0.944. The number of hydrogen-bond donors (Lipinski definition) is 1. The molecule has 0 aromatic heterocycles. The second-order valence-electron chi connectivity index (χ2n) is 3.64. The molecule has 12 heavy (non-hydrogen) atoms. The van der Waals surface area contributed by atoms with Crippen molar-refractivity contribution in [2.75, 3.05) is 5.75 Å². The van der Waals surface area contributed by atoms with Gasteiger partial charge in [0, 0.05) is 0 Å². The molecule has 0 radical (unpaired) electrons. The summed E-state index contributed by atoms with van der Waals surface area (Å²) in [7, 11) is 0. The molecule has 1 heteroatoms. The monoisotopic (exact) mass is 188 g/mol. The zero-order valence-electron chi connectivity index (χ0n) is 8.68. The summed E-state index contributed by atoms with van der Waals surface area (Å²) in [5.74, 6) is 2.01. The Morgan fingerprint density at radius 1 is 1.00 bits per heavy atom. The van der Waals surface area contributed by atoms with Gasteiger partial charge in [-0.05, 0) is 18.1 Å². The smallest absolute Gasteiger partial charge is 0.00953 e. The molecule has 0 aromatic rings. The summed E-state index contributed by atoms with van der Waals surface area (Å²) in [5.41, 5.74) is 0. The van der Waals surface area contributed by atoms with Crippen LogP contribution >= 0.6 is 12.6 Å². The average Bonchev–Trinajstić information content (AvgIpc) is 2.10. The van der Waals surface area contributed by atoms with E-state index in [0.29, 0.717) is 0 Å². The van der Waals surface area contributed by atoms with Crippen molar-refractivity contribution in [1.29, 1.82) is 0 Å². The second-order valence-corrected chi connectivity index (χ2v) is 4.08. The van der Waals surface area contributed by atoms with E-state index < -0.39 is 0 Å². The first kappa shape index (κ1) is 12.3. The van der Waals surface area contributed by atoms with E-state index in [0.717, 1.165) is 11.7 Å². The minimum Gasteiger partial charge on any atom is -0.179 e. The molecule has 1 atom stereocenters. The largest absolute Gasteiger partial charge is 0.179 e. The third kappa shape index (κ3) is 7.02. The highest BCUT2D eigenvalue weighted by atomic mass is 32.1. The maximum atomic E-state index is 4.28. The second kappa shape index (κ2) is 9.44. The van der Waals surface area contributed by atoms with E-state index in [1.54, 1.807) is 0 Å². The van der Waals surface area contributed by atoms with Crippen LogP contribution in [0.1, 0.15) is 58.8 Å². The Balaban J connectivity index is 3.19. The molecule has 74 valence electrons. The molecule has 0 fully saturated rings. The highest BCUT2D eigenvalue weighted by Crippen LogP contribution is 2.17. The van der Waals surface area contributed by atoms with E-state index in [9.17, 15) is 0 Å². The van der Waals surface area contributed by atoms with Crippen molar-refractivity contribution >= 4 is 12.6 Å².